The first-order chi connectivity index (χ1) is 32.3. The fraction of sp³-hybridized carbons (Fsp3) is 0.304. The van der Waals surface area contributed by atoms with E-state index in [0.29, 0.717) is 16.8 Å². The van der Waals surface area contributed by atoms with Gasteiger partial charge in [0.05, 0.1) is 12.4 Å². The topological polar surface area (TPSA) is 330 Å². The van der Waals surface area contributed by atoms with E-state index in [0.717, 1.165) is 27.4 Å². The molecule has 0 saturated heterocycles. The monoisotopic (exact) mass is 933 g/mol. The molecule has 6 atom stereocenters. The van der Waals surface area contributed by atoms with E-state index >= 15 is 0 Å². The summed E-state index contributed by atoms with van der Waals surface area (Å²) in [7, 11) is 0. The molecule has 0 spiro atoms. The quantitative estimate of drug-likeness (QED) is 0.0292. The van der Waals surface area contributed by atoms with E-state index in [1.807, 2.05) is 48.5 Å². The summed E-state index contributed by atoms with van der Waals surface area (Å²) in [5.74, 6) is -4.62. The van der Waals surface area contributed by atoms with Gasteiger partial charge in [-0.25, -0.2) is 9.78 Å². The summed E-state index contributed by atoms with van der Waals surface area (Å²) in [6.45, 7) is 0.0509. The number of para-hydroxylation sites is 2. The lowest BCUT2D eigenvalue weighted by atomic mass is 10.00. The smallest absolute Gasteiger partial charge is 0.312 e. The van der Waals surface area contributed by atoms with Crippen molar-refractivity contribution in [1.82, 2.24) is 51.8 Å². The Morgan fingerprint density at radius 1 is 0.582 bits per heavy atom. The molecule has 0 aliphatic heterocycles. The predicted molar refractivity (Wildman–Crippen MR) is 254 cm³/mol. The van der Waals surface area contributed by atoms with Crippen LogP contribution in [-0.4, -0.2) is 110 Å². The molecule has 20 nitrogen and oxygen atoms in total. The number of hydrogen-bond donors (Lipinski definition) is 13. The lowest BCUT2D eigenvalue weighted by molar-refractivity contribution is -0.135. The molecule has 0 aliphatic rings. The van der Waals surface area contributed by atoms with Crippen LogP contribution in [0.3, 0.4) is 0 Å². The summed E-state index contributed by atoms with van der Waals surface area (Å²) in [5.41, 5.74) is 21.5. The molecule has 6 rings (SSSR count). The maximum Gasteiger partial charge on any atom is 0.312 e. The molecule has 0 radical (unpaired) electrons. The molecule has 0 saturated carbocycles. The van der Waals surface area contributed by atoms with E-state index < -0.39 is 77.7 Å². The number of thiol groups is 1. The fourth-order valence-corrected chi connectivity index (χ4v) is 7.86. The van der Waals surface area contributed by atoms with E-state index in [2.05, 4.69) is 64.5 Å². The van der Waals surface area contributed by atoms with Crippen molar-refractivity contribution in [3.63, 3.8) is 0 Å². The van der Waals surface area contributed by atoms with Crippen LogP contribution in [0.5, 0.6) is 0 Å². The number of rotatable bonds is 24. The SMILES string of the molecule is NC(=O)NCCC[C@H](NC(=O)[C@H](CS)NC(=O)[C@@H](N)Cc1cnc[nH]1)C(=O)N[C@H](Cc1ccccc1)C(=O)N[C@@H](Cc1c[nH]c2ccccc12)C(=O)N[C@@H](Cc1c[nH]c2ccccc12)C(N)=O. The lowest BCUT2D eigenvalue weighted by Crippen LogP contribution is -2.60. The third kappa shape index (κ3) is 13.7. The molecule has 3 heterocycles. The highest BCUT2D eigenvalue weighted by Crippen LogP contribution is 2.21. The first-order valence-electron chi connectivity index (χ1n) is 21.6. The van der Waals surface area contributed by atoms with Crippen molar-refractivity contribution in [3.8, 4) is 0 Å². The average Bonchev–Trinajstić information content (AvgIpc) is 4.09. The van der Waals surface area contributed by atoms with Crippen molar-refractivity contribution >= 4 is 75.9 Å². The number of primary amides is 2. The molecule has 8 amide bonds. The predicted octanol–water partition coefficient (Wildman–Crippen LogP) is 0.258. The second-order valence-electron chi connectivity index (χ2n) is 16.0. The van der Waals surface area contributed by atoms with Crippen molar-refractivity contribution in [2.45, 2.75) is 74.8 Å². The summed E-state index contributed by atoms with van der Waals surface area (Å²) in [6, 6.07) is 15.6. The number of aromatic amines is 3. The van der Waals surface area contributed by atoms with Gasteiger partial charge in [0.1, 0.15) is 30.2 Å². The molecule has 0 aliphatic carbocycles. The van der Waals surface area contributed by atoms with Crippen molar-refractivity contribution in [3.05, 3.63) is 126 Å². The molecule has 15 N–H and O–H groups in total. The van der Waals surface area contributed by atoms with Gasteiger partial charge in [-0.15, -0.1) is 0 Å². The van der Waals surface area contributed by atoms with Crippen LogP contribution < -0.4 is 49.1 Å². The largest absolute Gasteiger partial charge is 0.368 e. The summed E-state index contributed by atoms with van der Waals surface area (Å²) in [6.07, 6.45) is 6.65. The Kier molecular flexibility index (Phi) is 17.1. The molecule has 3 aromatic carbocycles. The van der Waals surface area contributed by atoms with Crippen LogP contribution in [0.25, 0.3) is 21.8 Å². The van der Waals surface area contributed by atoms with Gasteiger partial charge in [0.2, 0.25) is 35.4 Å². The van der Waals surface area contributed by atoms with Crippen LogP contribution in [0.2, 0.25) is 0 Å². The number of fused-ring (bicyclic) bond motifs is 2. The number of nitrogens with two attached hydrogens (primary N) is 3. The van der Waals surface area contributed by atoms with E-state index in [9.17, 15) is 33.6 Å². The van der Waals surface area contributed by atoms with Crippen molar-refractivity contribution in [2.75, 3.05) is 12.3 Å². The highest BCUT2D eigenvalue weighted by atomic mass is 32.1. The number of aromatic nitrogens is 4. The molecule has 6 aromatic rings. The minimum absolute atomic E-state index is 0.0277. The Hall–Kier alpha value is -7.65. The first-order valence-corrected chi connectivity index (χ1v) is 22.2. The number of urea groups is 1. The van der Waals surface area contributed by atoms with Gasteiger partial charge in [-0.2, -0.15) is 12.6 Å². The zero-order chi connectivity index (χ0) is 47.9. The Morgan fingerprint density at radius 2 is 1.09 bits per heavy atom. The van der Waals surface area contributed by atoms with Crippen molar-refractivity contribution < 1.29 is 33.6 Å². The zero-order valence-electron chi connectivity index (χ0n) is 36.4. The molecular formula is C46H55N13O7S. The number of benzene rings is 3. The molecule has 352 valence electrons. The standard InChI is InChI=1S/C46H55N13O7S/c47-32(20-29-23-50-25-54-29)41(61)59-39(24-67)45(65)55-35(15-8-16-51-46(49)66)42(62)57-37(17-26-9-2-1-3-10-26)43(63)58-38(19-28-22-53-34-14-7-5-12-31(28)34)44(64)56-36(40(48)60)18-27-21-52-33-13-6-4-11-30(27)33/h1-7,9-14,21-23,25,32,35-39,52-53,67H,8,15-20,24,47H2,(H2,48,60)(H,50,54)(H,55,65)(H,56,64)(H,57,62)(H,58,63)(H,59,61)(H3,49,51,66)/t32-,35-,36-,37+,38-,39-/m0/s1. The van der Waals surface area contributed by atoms with E-state index in [1.165, 1.54) is 12.5 Å². The number of H-pyrrole nitrogens is 3. The first kappa shape index (κ1) is 48.8. The zero-order valence-corrected chi connectivity index (χ0v) is 37.3. The highest BCUT2D eigenvalue weighted by Gasteiger charge is 2.33. The minimum Gasteiger partial charge on any atom is -0.368 e. The lowest BCUT2D eigenvalue weighted by Gasteiger charge is -2.27. The summed E-state index contributed by atoms with van der Waals surface area (Å²) in [4.78, 5) is 108. The van der Waals surface area contributed by atoms with Crippen LogP contribution in [-0.2, 0) is 54.5 Å². The number of carbonyl (C=O) groups excluding carboxylic acids is 7. The second-order valence-corrected chi connectivity index (χ2v) is 16.4. The Morgan fingerprint density at radius 3 is 1.66 bits per heavy atom. The van der Waals surface area contributed by atoms with E-state index in [1.54, 1.807) is 42.7 Å². The Bertz CT molecular complexity index is 2650. The van der Waals surface area contributed by atoms with Gasteiger partial charge in [0.15, 0.2) is 0 Å². The fourth-order valence-electron chi connectivity index (χ4n) is 7.61. The number of amides is 8. The van der Waals surface area contributed by atoms with Gasteiger partial charge in [0, 0.05) is 84.1 Å². The van der Waals surface area contributed by atoms with Gasteiger partial charge < -0.3 is 64.1 Å². The number of nitrogens with zero attached hydrogens (tertiary/aromatic N) is 1. The molecule has 3 aromatic heterocycles. The maximum absolute atomic E-state index is 14.6. The van der Waals surface area contributed by atoms with Crippen LogP contribution in [0.4, 0.5) is 4.79 Å². The maximum atomic E-state index is 14.6. The highest BCUT2D eigenvalue weighted by molar-refractivity contribution is 7.80. The summed E-state index contributed by atoms with van der Waals surface area (Å²) >= 11 is 4.27. The van der Waals surface area contributed by atoms with Gasteiger partial charge in [-0.3, -0.25) is 28.8 Å². The van der Waals surface area contributed by atoms with Gasteiger partial charge in [0.25, 0.3) is 0 Å². The minimum atomic E-state index is -1.32. The number of hydrogen-bond acceptors (Lipinski definition) is 10. The molecule has 0 unspecified atom stereocenters. The Balaban J connectivity index is 1.24. The third-order valence-corrected chi connectivity index (χ3v) is 11.5. The van der Waals surface area contributed by atoms with Gasteiger partial charge in [-0.1, -0.05) is 66.7 Å². The Labute approximate surface area is 390 Å². The van der Waals surface area contributed by atoms with Crippen LogP contribution in [0, 0.1) is 0 Å². The average molecular weight is 934 g/mol. The van der Waals surface area contributed by atoms with Gasteiger partial charge in [-0.05, 0) is 41.7 Å². The van der Waals surface area contributed by atoms with Crippen molar-refractivity contribution in [1.29, 1.82) is 0 Å². The molecular weight excluding hydrogens is 879 g/mol. The number of carbonyl (C=O) groups is 7. The van der Waals surface area contributed by atoms with E-state index in [4.69, 9.17) is 17.2 Å². The van der Waals surface area contributed by atoms with Crippen LogP contribution in [0.1, 0.15) is 35.2 Å². The molecule has 0 bridgehead atoms. The van der Waals surface area contributed by atoms with Crippen LogP contribution >= 0.6 is 12.6 Å². The molecule has 21 heteroatoms. The van der Waals surface area contributed by atoms with Gasteiger partial charge >= 0.3 is 6.03 Å². The molecule has 0 fully saturated rings. The molecule has 67 heavy (non-hydrogen) atoms. The summed E-state index contributed by atoms with van der Waals surface area (Å²) in [5, 5.41) is 17.7. The number of imidazole rings is 1. The normalized spacial score (nSPS) is 13.9. The summed E-state index contributed by atoms with van der Waals surface area (Å²) < 4.78 is 0. The van der Waals surface area contributed by atoms with Crippen molar-refractivity contribution in [2.24, 2.45) is 17.2 Å². The van der Waals surface area contributed by atoms with E-state index in [-0.39, 0.29) is 50.8 Å². The number of nitrogens with one attached hydrogen (secondary N) is 9. The third-order valence-electron chi connectivity index (χ3n) is 11.2. The van der Waals surface area contributed by atoms with Crippen LogP contribution in [0.15, 0.2) is 104 Å². The second kappa shape index (κ2) is 23.5.